The minimum Gasteiger partial charge on any atom is -0.423 e. The molecule has 5 heteroatoms. The van der Waals surface area contributed by atoms with Crippen LogP contribution in [0.1, 0.15) is 11.1 Å². The number of aryl methyl sites for hydroxylation is 1. The number of aliphatic hydroxyl groups excluding tert-OH is 1. The number of hydrogen-bond acceptors (Lipinski definition) is 3. The third kappa shape index (κ3) is 2.06. The molecule has 0 fully saturated rings. The summed E-state index contributed by atoms with van der Waals surface area (Å²) in [5, 5.41) is 26.3. The molecule has 0 heterocycles. The summed E-state index contributed by atoms with van der Waals surface area (Å²) >= 11 is 0. The lowest BCUT2D eigenvalue weighted by atomic mass is 9.78. The van der Waals surface area contributed by atoms with Gasteiger partial charge in [0.05, 0.1) is 6.61 Å². The molecule has 13 heavy (non-hydrogen) atoms. The van der Waals surface area contributed by atoms with Gasteiger partial charge in [-0.15, -0.1) is 0 Å². The van der Waals surface area contributed by atoms with E-state index in [4.69, 9.17) is 15.2 Å². The molecule has 0 aliphatic carbocycles. The average molecular weight is 184 g/mol. The van der Waals surface area contributed by atoms with Crippen LogP contribution in [0, 0.1) is 12.7 Å². The molecule has 0 aliphatic heterocycles. The zero-order chi connectivity index (χ0) is 10.0. The van der Waals surface area contributed by atoms with Crippen molar-refractivity contribution in [2.75, 3.05) is 0 Å². The summed E-state index contributed by atoms with van der Waals surface area (Å²) < 4.78 is 13.2. The van der Waals surface area contributed by atoms with Crippen LogP contribution >= 0.6 is 0 Å². The first-order chi connectivity index (χ1) is 6.06. The molecule has 0 radical (unpaired) electrons. The highest BCUT2D eigenvalue weighted by Gasteiger charge is 2.19. The van der Waals surface area contributed by atoms with Gasteiger partial charge >= 0.3 is 7.12 Å². The van der Waals surface area contributed by atoms with Crippen LogP contribution in [-0.2, 0) is 6.61 Å². The first kappa shape index (κ1) is 10.2. The van der Waals surface area contributed by atoms with E-state index in [2.05, 4.69) is 0 Å². The van der Waals surface area contributed by atoms with Crippen LogP contribution in [0.25, 0.3) is 0 Å². The molecule has 0 saturated carbocycles. The average Bonchev–Trinajstić information content (AvgIpc) is 2.08. The molecule has 0 amide bonds. The summed E-state index contributed by atoms with van der Waals surface area (Å²) in [7, 11) is -1.84. The number of halogens is 1. The van der Waals surface area contributed by atoms with E-state index in [0.29, 0.717) is 5.56 Å². The molecule has 0 saturated heterocycles. The van der Waals surface area contributed by atoms with Crippen LogP contribution in [0.2, 0.25) is 0 Å². The van der Waals surface area contributed by atoms with Crippen molar-refractivity contribution in [3.63, 3.8) is 0 Å². The van der Waals surface area contributed by atoms with Crippen LogP contribution in [0.5, 0.6) is 0 Å². The summed E-state index contributed by atoms with van der Waals surface area (Å²) in [6.07, 6.45) is 0. The van der Waals surface area contributed by atoms with E-state index in [1.54, 1.807) is 6.92 Å². The Morgan fingerprint density at radius 1 is 1.38 bits per heavy atom. The normalized spacial score (nSPS) is 10.2. The largest absolute Gasteiger partial charge is 0.491 e. The van der Waals surface area contributed by atoms with Gasteiger partial charge in [-0.25, -0.2) is 4.39 Å². The summed E-state index contributed by atoms with van der Waals surface area (Å²) in [6, 6.07) is 2.79. The second-order valence-corrected chi connectivity index (χ2v) is 2.86. The standard InChI is InChI=1S/C8H10BFO3/c1-5-2-6(4-11)8(10)7(3-5)9(12)13/h2-3,11-13H,4H2,1H3. The van der Waals surface area contributed by atoms with Gasteiger partial charge in [0.25, 0.3) is 0 Å². The molecule has 0 spiro atoms. The van der Waals surface area contributed by atoms with E-state index >= 15 is 0 Å². The molecule has 1 rings (SSSR count). The van der Waals surface area contributed by atoms with Crippen LogP contribution in [0.4, 0.5) is 4.39 Å². The molecule has 70 valence electrons. The van der Waals surface area contributed by atoms with Crippen molar-refractivity contribution in [1.82, 2.24) is 0 Å². The van der Waals surface area contributed by atoms with E-state index < -0.39 is 19.5 Å². The van der Waals surface area contributed by atoms with Gasteiger partial charge in [-0.2, -0.15) is 0 Å². The Bertz CT molecular complexity index is 315. The second-order valence-electron chi connectivity index (χ2n) is 2.86. The summed E-state index contributed by atoms with van der Waals surface area (Å²) in [5.41, 5.74) is 0.542. The monoisotopic (exact) mass is 184 g/mol. The molecule has 3 N–H and O–H groups in total. The summed E-state index contributed by atoms with van der Waals surface area (Å²) in [5.74, 6) is -0.761. The van der Waals surface area contributed by atoms with Gasteiger partial charge < -0.3 is 15.2 Å². The van der Waals surface area contributed by atoms with E-state index in [9.17, 15) is 4.39 Å². The zero-order valence-corrected chi connectivity index (χ0v) is 7.16. The molecule has 0 aliphatic rings. The molecule has 0 unspecified atom stereocenters. The summed E-state index contributed by atoms with van der Waals surface area (Å²) in [6.45, 7) is 1.23. The Morgan fingerprint density at radius 2 is 2.00 bits per heavy atom. The van der Waals surface area contributed by atoms with E-state index in [1.165, 1.54) is 12.1 Å². The topological polar surface area (TPSA) is 60.7 Å². The predicted molar refractivity (Wildman–Crippen MR) is 46.9 cm³/mol. The minimum absolute atomic E-state index is 0.0723. The highest BCUT2D eigenvalue weighted by Crippen LogP contribution is 2.08. The van der Waals surface area contributed by atoms with Crippen molar-refractivity contribution in [2.45, 2.75) is 13.5 Å². The Kier molecular flexibility index (Phi) is 3.03. The molecule has 1 aromatic carbocycles. The molecule has 3 nitrogen and oxygen atoms in total. The fourth-order valence-electron chi connectivity index (χ4n) is 1.18. The Balaban J connectivity index is 3.27. The van der Waals surface area contributed by atoms with Gasteiger partial charge in [-0.05, 0) is 6.92 Å². The molecular formula is C8H10BFO3. The van der Waals surface area contributed by atoms with E-state index in [-0.39, 0.29) is 11.0 Å². The van der Waals surface area contributed by atoms with Gasteiger partial charge in [0.1, 0.15) is 5.82 Å². The first-order valence-electron chi connectivity index (χ1n) is 3.82. The van der Waals surface area contributed by atoms with Gasteiger partial charge in [0.15, 0.2) is 0 Å². The smallest absolute Gasteiger partial charge is 0.423 e. The van der Waals surface area contributed by atoms with Crippen LogP contribution in [-0.4, -0.2) is 22.3 Å². The van der Waals surface area contributed by atoms with Crippen molar-refractivity contribution in [3.8, 4) is 0 Å². The Labute approximate surface area is 75.6 Å². The van der Waals surface area contributed by atoms with Crippen molar-refractivity contribution in [3.05, 3.63) is 29.1 Å². The maximum absolute atomic E-state index is 13.2. The number of rotatable bonds is 2. The first-order valence-corrected chi connectivity index (χ1v) is 3.82. The fourth-order valence-corrected chi connectivity index (χ4v) is 1.18. The number of aliphatic hydroxyl groups is 1. The third-order valence-electron chi connectivity index (χ3n) is 1.77. The summed E-state index contributed by atoms with van der Waals surface area (Å²) in [4.78, 5) is 0. The zero-order valence-electron chi connectivity index (χ0n) is 7.16. The number of hydrogen-bond donors (Lipinski definition) is 3. The van der Waals surface area contributed by atoms with Gasteiger partial charge in [0.2, 0.25) is 0 Å². The lowest BCUT2D eigenvalue weighted by Crippen LogP contribution is -2.33. The van der Waals surface area contributed by atoms with Gasteiger partial charge in [0, 0.05) is 11.0 Å². The number of benzene rings is 1. The lowest BCUT2D eigenvalue weighted by molar-refractivity contribution is 0.276. The molecule has 0 aromatic heterocycles. The molecular weight excluding hydrogens is 174 g/mol. The van der Waals surface area contributed by atoms with Gasteiger partial charge in [-0.3, -0.25) is 0 Å². The van der Waals surface area contributed by atoms with Crippen LogP contribution in [0.3, 0.4) is 0 Å². The molecule has 1 aromatic rings. The second kappa shape index (κ2) is 3.87. The lowest BCUT2D eigenvalue weighted by Gasteiger charge is -2.07. The quantitative estimate of drug-likeness (QED) is 0.533. The Hall–Kier alpha value is -0.905. The fraction of sp³-hybridized carbons (Fsp3) is 0.250. The SMILES string of the molecule is Cc1cc(CO)c(F)c(B(O)O)c1. The van der Waals surface area contributed by atoms with Crippen molar-refractivity contribution in [1.29, 1.82) is 0 Å². The van der Waals surface area contributed by atoms with Crippen LogP contribution in [0.15, 0.2) is 12.1 Å². The van der Waals surface area contributed by atoms with Gasteiger partial charge in [-0.1, -0.05) is 17.7 Å². The Morgan fingerprint density at radius 3 is 2.46 bits per heavy atom. The van der Waals surface area contributed by atoms with Crippen LogP contribution < -0.4 is 5.46 Å². The predicted octanol–water partition coefficient (Wildman–Crippen LogP) is -0.694. The van der Waals surface area contributed by atoms with Crippen molar-refractivity contribution >= 4 is 12.6 Å². The highest BCUT2D eigenvalue weighted by molar-refractivity contribution is 6.58. The highest BCUT2D eigenvalue weighted by atomic mass is 19.1. The maximum Gasteiger partial charge on any atom is 0.491 e. The minimum atomic E-state index is -1.84. The van der Waals surface area contributed by atoms with E-state index in [1.807, 2.05) is 0 Å². The van der Waals surface area contributed by atoms with Crippen molar-refractivity contribution < 1.29 is 19.5 Å². The van der Waals surface area contributed by atoms with E-state index in [0.717, 1.165) is 0 Å². The maximum atomic E-state index is 13.2. The third-order valence-corrected chi connectivity index (χ3v) is 1.77. The molecule has 0 bridgehead atoms. The van der Waals surface area contributed by atoms with Crippen molar-refractivity contribution in [2.24, 2.45) is 0 Å². The molecule has 0 atom stereocenters.